The number of likely N-dealkylation sites (tertiary alicyclic amines) is 1. The minimum Gasteiger partial charge on any atom is -0.487 e. The number of amides is 1. The Kier molecular flexibility index (Phi) is 5.58. The lowest BCUT2D eigenvalue weighted by Crippen LogP contribution is -2.46. The molecule has 28 heavy (non-hydrogen) atoms. The Hall–Kier alpha value is -2.64. The third kappa shape index (κ3) is 4.10. The van der Waals surface area contributed by atoms with Crippen molar-refractivity contribution in [3.05, 3.63) is 41.5 Å². The molecule has 3 rings (SSSR count). The molecular formula is C20H27FN4O3. The maximum absolute atomic E-state index is 14.8. The van der Waals surface area contributed by atoms with E-state index in [4.69, 9.17) is 9.84 Å². The fourth-order valence-corrected chi connectivity index (χ4v) is 3.70. The summed E-state index contributed by atoms with van der Waals surface area (Å²) in [5.74, 6) is 0.702. The van der Waals surface area contributed by atoms with Gasteiger partial charge in [-0.15, -0.1) is 0 Å². The number of halogens is 1. The first kappa shape index (κ1) is 20.1. The number of piperidine rings is 1. The van der Waals surface area contributed by atoms with Gasteiger partial charge in [-0.3, -0.25) is 9.67 Å². The largest absolute Gasteiger partial charge is 0.487 e. The molecule has 152 valence electrons. The first-order chi connectivity index (χ1) is 13.2. The van der Waals surface area contributed by atoms with Crippen molar-refractivity contribution < 1.29 is 19.0 Å². The summed E-state index contributed by atoms with van der Waals surface area (Å²) in [7, 11) is 0. The van der Waals surface area contributed by atoms with E-state index < -0.39 is 18.3 Å². The van der Waals surface area contributed by atoms with Crippen LogP contribution < -0.4 is 4.74 Å². The molecule has 1 fully saturated rings. The molecule has 7 nitrogen and oxygen atoms in total. The van der Waals surface area contributed by atoms with Crippen LogP contribution in [0.5, 0.6) is 5.75 Å². The first-order valence-corrected chi connectivity index (χ1v) is 9.41. The number of carboxylic acid groups (broad SMARTS) is 1. The number of nitrogens with zero attached hydrogens (tertiary/aromatic N) is 4. The van der Waals surface area contributed by atoms with Gasteiger partial charge in [-0.05, 0) is 25.5 Å². The van der Waals surface area contributed by atoms with Crippen LogP contribution in [0.15, 0.2) is 24.5 Å². The summed E-state index contributed by atoms with van der Waals surface area (Å²) < 4.78 is 22.5. The van der Waals surface area contributed by atoms with E-state index in [1.54, 1.807) is 17.1 Å². The first-order valence-electron chi connectivity index (χ1n) is 9.41. The molecule has 0 aliphatic carbocycles. The standard InChI is InChI=1S/C20H27FN4O3/c1-13-17(6-5-8-22-13)28-12-14-10-23-25(18(14)20(2,3)4)16-7-9-24(19(26)27)11-15(16)21/h5-6,8,10,15-16H,7,9,11-12H2,1-4H3,(H,26,27)/t15-,16+/m0/s1. The van der Waals surface area contributed by atoms with Gasteiger partial charge in [0.05, 0.1) is 30.2 Å². The molecule has 2 aromatic heterocycles. The normalized spacial score (nSPS) is 20.2. The van der Waals surface area contributed by atoms with Crippen LogP contribution in [0.1, 0.15) is 50.2 Å². The molecule has 8 heteroatoms. The molecule has 1 N–H and O–H groups in total. The van der Waals surface area contributed by atoms with E-state index in [0.29, 0.717) is 25.3 Å². The van der Waals surface area contributed by atoms with Gasteiger partial charge in [-0.25, -0.2) is 9.18 Å². The van der Waals surface area contributed by atoms with Gasteiger partial charge < -0.3 is 14.7 Å². The van der Waals surface area contributed by atoms with Crippen molar-refractivity contribution in [2.45, 2.75) is 58.4 Å². The molecule has 0 saturated carbocycles. The summed E-state index contributed by atoms with van der Waals surface area (Å²) in [4.78, 5) is 16.5. The van der Waals surface area contributed by atoms with Crippen LogP contribution in [0, 0.1) is 6.92 Å². The predicted molar refractivity (Wildman–Crippen MR) is 102 cm³/mol. The Balaban J connectivity index is 1.85. The number of ether oxygens (including phenoxy) is 1. The van der Waals surface area contributed by atoms with Crippen LogP contribution >= 0.6 is 0 Å². The van der Waals surface area contributed by atoms with Gasteiger partial charge in [0.15, 0.2) is 0 Å². The van der Waals surface area contributed by atoms with Crippen LogP contribution in [-0.2, 0) is 12.0 Å². The highest BCUT2D eigenvalue weighted by molar-refractivity contribution is 5.65. The second kappa shape index (κ2) is 7.77. The molecule has 2 aromatic rings. The number of carbonyl (C=O) groups is 1. The summed E-state index contributed by atoms with van der Waals surface area (Å²) in [6.45, 7) is 8.52. The van der Waals surface area contributed by atoms with Gasteiger partial charge in [0, 0.05) is 23.7 Å². The highest BCUT2D eigenvalue weighted by Gasteiger charge is 2.36. The Morgan fingerprint density at radius 1 is 1.43 bits per heavy atom. The number of alkyl halides is 1. The van der Waals surface area contributed by atoms with Gasteiger partial charge in [0.25, 0.3) is 0 Å². The van der Waals surface area contributed by atoms with Gasteiger partial charge in [0.1, 0.15) is 18.5 Å². The molecule has 1 amide bonds. The summed E-state index contributed by atoms with van der Waals surface area (Å²) in [6, 6.07) is 3.20. The lowest BCUT2D eigenvalue weighted by Gasteiger charge is -2.35. The van der Waals surface area contributed by atoms with Crippen LogP contribution in [0.25, 0.3) is 0 Å². The number of aromatic nitrogens is 3. The molecule has 1 saturated heterocycles. The molecule has 0 radical (unpaired) electrons. The lowest BCUT2D eigenvalue weighted by atomic mass is 9.88. The molecule has 0 bridgehead atoms. The van der Waals surface area contributed by atoms with Crippen molar-refractivity contribution in [1.82, 2.24) is 19.7 Å². The molecular weight excluding hydrogens is 363 g/mol. The van der Waals surface area contributed by atoms with Crippen molar-refractivity contribution in [3.8, 4) is 5.75 Å². The molecule has 1 aliphatic heterocycles. The van der Waals surface area contributed by atoms with Crippen molar-refractivity contribution in [2.75, 3.05) is 13.1 Å². The summed E-state index contributed by atoms with van der Waals surface area (Å²) in [5.41, 5.74) is 2.33. The highest BCUT2D eigenvalue weighted by atomic mass is 19.1. The fourth-order valence-electron chi connectivity index (χ4n) is 3.70. The van der Waals surface area contributed by atoms with Gasteiger partial charge >= 0.3 is 6.09 Å². The fraction of sp³-hybridized carbons (Fsp3) is 0.550. The molecule has 0 aromatic carbocycles. The smallest absolute Gasteiger partial charge is 0.407 e. The number of aryl methyl sites for hydroxylation is 1. The third-order valence-electron chi connectivity index (χ3n) is 5.02. The van der Waals surface area contributed by atoms with Gasteiger partial charge in [-0.2, -0.15) is 5.10 Å². The Morgan fingerprint density at radius 3 is 2.79 bits per heavy atom. The Morgan fingerprint density at radius 2 is 2.18 bits per heavy atom. The number of hydrogen-bond donors (Lipinski definition) is 1. The molecule has 2 atom stereocenters. The van der Waals surface area contributed by atoms with E-state index in [1.165, 1.54) is 0 Å². The topological polar surface area (TPSA) is 80.5 Å². The molecule has 3 heterocycles. The minimum absolute atomic E-state index is 0.135. The predicted octanol–water partition coefficient (Wildman–Crippen LogP) is 3.73. The highest BCUT2D eigenvalue weighted by Crippen LogP contribution is 2.34. The van der Waals surface area contributed by atoms with E-state index >= 15 is 0 Å². The van der Waals surface area contributed by atoms with Crippen molar-refractivity contribution in [1.29, 1.82) is 0 Å². The van der Waals surface area contributed by atoms with Crippen molar-refractivity contribution >= 4 is 6.09 Å². The van der Waals surface area contributed by atoms with Crippen LogP contribution in [0.4, 0.5) is 9.18 Å². The monoisotopic (exact) mass is 390 g/mol. The summed E-state index contributed by atoms with van der Waals surface area (Å²) >= 11 is 0. The van der Waals surface area contributed by atoms with E-state index in [1.807, 2.05) is 19.1 Å². The minimum atomic E-state index is -1.31. The van der Waals surface area contributed by atoms with Gasteiger partial charge in [-0.1, -0.05) is 20.8 Å². The van der Waals surface area contributed by atoms with Crippen LogP contribution in [-0.4, -0.2) is 50.1 Å². The van der Waals surface area contributed by atoms with Gasteiger partial charge in [0.2, 0.25) is 0 Å². The second-order valence-electron chi connectivity index (χ2n) is 8.19. The van der Waals surface area contributed by atoms with E-state index in [2.05, 4.69) is 30.9 Å². The third-order valence-corrected chi connectivity index (χ3v) is 5.02. The maximum atomic E-state index is 14.8. The van der Waals surface area contributed by atoms with Crippen LogP contribution in [0.2, 0.25) is 0 Å². The van der Waals surface area contributed by atoms with Crippen molar-refractivity contribution in [3.63, 3.8) is 0 Å². The average molecular weight is 390 g/mol. The van der Waals surface area contributed by atoms with E-state index in [9.17, 15) is 9.18 Å². The summed E-state index contributed by atoms with van der Waals surface area (Å²) in [6.07, 6.45) is 1.44. The molecule has 1 aliphatic rings. The maximum Gasteiger partial charge on any atom is 0.407 e. The Bertz CT molecular complexity index is 846. The molecule has 0 unspecified atom stereocenters. The van der Waals surface area contributed by atoms with E-state index in [0.717, 1.165) is 21.9 Å². The zero-order valence-electron chi connectivity index (χ0n) is 16.7. The van der Waals surface area contributed by atoms with E-state index in [-0.39, 0.29) is 12.0 Å². The average Bonchev–Trinajstić information content (AvgIpc) is 3.05. The zero-order valence-corrected chi connectivity index (χ0v) is 16.7. The Labute approximate surface area is 164 Å². The lowest BCUT2D eigenvalue weighted by molar-refractivity contribution is 0.0733. The molecule has 0 spiro atoms. The SMILES string of the molecule is Cc1ncccc1OCc1cnn([C@@H]2CCN(C(=O)O)C[C@@H]2F)c1C(C)(C)C. The summed E-state index contributed by atoms with van der Waals surface area (Å²) in [5, 5.41) is 13.6. The number of rotatable bonds is 4. The van der Waals surface area contributed by atoms with Crippen LogP contribution in [0.3, 0.4) is 0 Å². The quantitative estimate of drug-likeness (QED) is 0.860. The number of hydrogen-bond acceptors (Lipinski definition) is 4. The zero-order chi connectivity index (χ0) is 20.5. The second-order valence-corrected chi connectivity index (χ2v) is 8.19. The van der Waals surface area contributed by atoms with Crippen molar-refractivity contribution in [2.24, 2.45) is 0 Å². The number of pyridine rings is 1.